The van der Waals surface area contributed by atoms with E-state index in [1.807, 2.05) is 0 Å². The highest BCUT2D eigenvalue weighted by Crippen LogP contribution is 2.20. The van der Waals surface area contributed by atoms with Crippen molar-refractivity contribution in [1.82, 2.24) is 4.90 Å². The lowest BCUT2D eigenvalue weighted by molar-refractivity contribution is 0.111. The summed E-state index contributed by atoms with van der Waals surface area (Å²) in [5.74, 6) is 5.99. The highest BCUT2D eigenvalue weighted by Gasteiger charge is 2.22. The molecule has 1 fully saturated rings. The third kappa shape index (κ3) is 5.49. The predicted molar refractivity (Wildman–Crippen MR) is 98.2 cm³/mol. The van der Waals surface area contributed by atoms with Crippen LogP contribution in [0.25, 0.3) is 0 Å². The van der Waals surface area contributed by atoms with Crippen LogP contribution in [0.4, 0.5) is 10.5 Å². The smallest absolute Gasteiger partial charge is 0.410 e. The number of amides is 1. The Hall–Kier alpha value is -2.15. The van der Waals surface area contributed by atoms with Gasteiger partial charge in [0.05, 0.1) is 0 Å². The number of hydrogen-bond acceptors (Lipinski definition) is 3. The lowest BCUT2D eigenvalue weighted by Gasteiger charge is -2.36. The Morgan fingerprint density at radius 3 is 2.58 bits per heavy atom. The van der Waals surface area contributed by atoms with Gasteiger partial charge in [-0.05, 0) is 25.0 Å². The van der Waals surface area contributed by atoms with Crippen LogP contribution in [0, 0.1) is 18.8 Å². The van der Waals surface area contributed by atoms with Crippen molar-refractivity contribution in [3.8, 4) is 11.8 Å². The number of unbranched alkanes of at least 4 members (excludes halogenated alkanes) is 3. The summed E-state index contributed by atoms with van der Waals surface area (Å²) in [6.45, 7) is 7.55. The van der Waals surface area contributed by atoms with E-state index in [1.54, 1.807) is 4.90 Å². The van der Waals surface area contributed by atoms with Gasteiger partial charge in [0, 0.05) is 38.3 Å². The zero-order chi connectivity index (χ0) is 17.2. The molecule has 1 saturated heterocycles. The number of nitrogens with zero attached hydrogens (tertiary/aromatic N) is 2. The van der Waals surface area contributed by atoms with Gasteiger partial charge in [0.1, 0.15) is 0 Å². The van der Waals surface area contributed by atoms with E-state index in [-0.39, 0.29) is 12.7 Å². The van der Waals surface area contributed by atoms with Gasteiger partial charge in [-0.1, -0.05) is 49.8 Å². The molecule has 0 bridgehead atoms. The number of rotatable bonds is 5. The summed E-state index contributed by atoms with van der Waals surface area (Å²) in [6.07, 6.45) is 4.17. The average molecular weight is 328 g/mol. The molecule has 0 radical (unpaired) electrons. The van der Waals surface area contributed by atoms with Crippen LogP contribution in [0.2, 0.25) is 0 Å². The van der Waals surface area contributed by atoms with Crippen LogP contribution < -0.4 is 4.90 Å². The van der Waals surface area contributed by atoms with E-state index in [4.69, 9.17) is 4.74 Å². The van der Waals surface area contributed by atoms with Gasteiger partial charge < -0.3 is 14.5 Å². The van der Waals surface area contributed by atoms with E-state index in [0.29, 0.717) is 13.1 Å². The van der Waals surface area contributed by atoms with Gasteiger partial charge in [0.2, 0.25) is 0 Å². The SMILES string of the molecule is CCCCCC#CCOC(=O)N1CCN(c2ccccc2C)CC1. The Labute approximate surface area is 145 Å². The zero-order valence-electron chi connectivity index (χ0n) is 14.9. The molecule has 0 aliphatic carbocycles. The predicted octanol–water partition coefficient (Wildman–Crippen LogP) is 3.84. The summed E-state index contributed by atoms with van der Waals surface area (Å²) < 4.78 is 5.25. The maximum Gasteiger partial charge on any atom is 0.410 e. The van der Waals surface area contributed by atoms with E-state index in [1.165, 1.54) is 24.1 Å². The van der Waals surface area contributed by atoms with Crippen molar-refractivity contribution < 1.29 is 9.53 Å². The minimum atomic E-state index is -0.248. The molecule has 0 spiro atoms. The topological polar surface area (TPSA) is 32.8 Å². The van der Waals surface area contributed by atoms with Crippen molar-refractivity contribution in [3.63, 3.8) is 0 Å². The zero-order valence-corrected chi connectivity index (χ0v) is 14.9. The van der Waals surface area contributed by atoms with Crippen molar-refractivity contribution in [2.45, 2.75) is 39.5 Å². The summed E-state index contributed by atoms with van der Waals surface area (Å²) in [5.41, 5.74) is 2.52. The number of benzene rings is 1. The number of anilines is 1. The van der Waals surface area contributed by atoms with E-state index in [9.17, 15) is 4.79 Å². The second-order valence-corrected chi connectivity index (χ2v) is 6.13. The number of carbonyl (C=O) groups excluding carboxylic acids is 1. The third-order valence-corrected chi connectivity index (χ3v) is 4.29. The van der Waals surface area contributed by atoms with Crippen LogP contribution in [0.15, 0.2) is 24.3 Å². The second kappa shape index (κ2) is 9.87. The quantitative estimate of drug-likeness (QED) is 0.608. The standard InChI is InChI=1S/C20H28N2O2/c1-3-4-5-6-7-10-17-24-20(23)22-15-13-21(14-16-22)19-12-9-8-11-18(19)2/h8-9,11-12H,3-6,13-17H2,1-2H3. The van der Waals surface area contributed by atoms with Crippen molar-refractivity contribution in [2.75, 3.05) is 37.7 Å². The minimum Gasteiger partial charge on any atom is -0.436 e. The fraction of sp³-hybridized carbons (Fsp3) is 0.550. The Bertz CT molecular complexity index is 581. The van der Waals surface area contributed by atoms with Gasteiger partial charge in [-0.15, -0.1) is 0 Å². The first-order valence-electron chi connectivity index (χ1n) is 8.90. The molecule has 1 aromatic carbocycles. The third-order valence-electron chi connectivity index (χ3n) is 4.29. The molecule has 1 aliphatic heterocycles. The average Bonchev–Trinajstić information content (AvgIpc) is 2.61. The molecule has 1 aliphatic rings. The Morgan fingerprint density at radius 1 is 1.12 bits per heavy atom. The molecule has 0 unspecified atom stereocenters. The molecule has 4 heteroatoms. The number of aryl methyl sites for hydroxylation is 1. The first-order chi connectivity index (χ1) is 11.7. The monoisotopic (exact) mass is 328 g/mol. The van der Waals surface area contributed by atoms with Crippen LogP contribution in [-0.2, 0) is 4.74 Å². The van der Waals surface area contributed by atoms with Gasteiger partial charge >= 0.3 is 6.09 Å². The number of para-hydroxylation sites is 1. The lowest BCUT2D eigenvalue weighted by atomic mass is 10.1. The summed E-state index contributed by atoms with van der Waals surface area (Å²) in [6, 6.07) is 8.37. The van der Waals surface area contributed by atoms with Crippen LogP contribution in [0.5, 0.6) is 0 Å². The van der Waals surface area contributed by atoms with Gasteiger partial charge in [0.25, 0.3) is 0 Å². The van der Waals surface area contributed by atoms with Gasteiger partial charge in [-0.25, -0.2) is 4.79 Å². The molecule has 1 amide bonds. The Balaban J connectivity index is 1.70. The first kappa shape index (κ1) is 18.2. The maximum atomic E-state index is 12.1. The maximum absolute atomic E-state index is 12.1. The molecule has 4 nitrogen and oxygen atoms in total. The number of ether oxygens (including phenoxy) is 1. The molecule has 24 heavy (non-hydrogen) atoms. The molecule has 0 aromatic heterocycles. The van der Waals surface area contributed by atoms with Gasteiger partial charge in [-0.3, -0.25) is 0 Å². The molecule has 2 rings (SSSR count). The highest BCUT2D eigenvalue weighted by atomic mass is 16.6. The molecular formula is C20H28N2O2. The fourth-order valence-electron chi connectivity index (χ4n) is 2.84. The minimum absolute atomic E-state index is 0.197. The largest absolute Gasteiger partial charge is 0.436 e. The number of piperazine rings is 1. The number of hydrogen-bond donors (Lipinski definition) is 0. The van der Waals surface area contributed by atoms with E-state index in [2.05, 4.69) is 54.9 Å². The first-order valence-corrected chi connectivity index (χ1v) is 8.90. The molecule has 1 heterocycles. The number of carbonyl (C=O) groups is 1. The molecule has 130 valence electrons. The van der Waals surface area contributed by atoms with E-state index >= 15 is 0 Å². The van der Waals surface area contributed by atoms with Gasteiger partial charge in [0.15, 0.2) is 6.61 Å². The van der Waals surface area contributed by atoms with Crippen molar-refractivity contribution in [1.29, 1.82) is 0 Å². The highest BCUT2D eigenvalue weighted by molar-refractivity contribution is 5.68. The van der Waals surface area contributed by atoms with E-state index in [0.717, 1.165) is 25.9 Å². The molecule has 0 N–H and O–H groups in total. The summed E-state index contributed by atoms with van der Waals surface area (Å²) in [4.78, 5) is 16.2. The van der Waals surface area contributed by atoms with Crippen molar-refractivity contribution >= 4 is 11.8 Å². The fourth-order valence-corrected chi connectivity index (χ4v) is 2.84. The van der Waals surface area contributed by atoms with Gasteiger partial charge in [-0.2, -0.15) is 0 Å². The van der Waals surface area contributed by atoms with Crippen LogP contribution in [-0.4, -0.2) is 43.8 Å². The van der Waals surface area contributed by atoms with Crippen LogP contribution in [0.3, 0.4) is 0 Å². The molecule has 1 aromatic rings. The molecular weight excluding hydrogens is 300 g/mol. The van der Waals surface area contributed by atoms with E-state index < -0.39 is 0 Å². The summed E-state index contributed by atoms with van der Waals surface area (Å²) in [5, 5.41) is 0. The summed E-state index contributed by atoms with van der Waals surface area (Å²) >= 11 is 0. The lowest BCUT2D eigenvalue weighted by Crippen LogP contribution is -2.49. The molecule has 0 saturated carbocycles. The summed E-state index contributed by atoms with van der Waals surface area (Å²) in [7, 11) is 0. The van der Waals surface area contributed by atoms with Crippen molar-refractivity contribution in [3.05, 3.63) is 29.8 Å². The normalized spacial score (nSPS) is 14.1. The van der Waals surface area contributed by atoms with Crippen LogP contribution >= 0.6 is 0 Å². The van der Waals surface area contributed by atoms with Crippen LogP contribution in [0.1, 0.15) is 38.2 Å². The molecule has 0 atom stereocenters. The van der Waals surface area contributed by atoms with Crippen molar-refractivity contribution in [2.24, 2.45) is 0 Å². The second-order valence-electron chi connectivity index (χ2n) is 6.13. The Kier molecular flexibility index (Phi) is 7.48. The Morgan fingerprint density at radius 2 is 1.88 bits per heavy atom.